The molecule has 0 amide bonds. The summed E-state index contributed by atoms with van der Waals surface area (Å²) in [5, 5.41) is 3.14. The molecule has 0 aliphatic heterocycles. The zero-order valence-electron chi connectivity index (χ0n) is 25.8. The average molecular weight is 643 g/mol. The fourth-order valence-corrected chi connectivity index (χ4v) is 8.27. The molecule has 0 unspecified atom stereocenters. The SMILES string of the molecule is Cc1nc(C)c(-c2cccc(-c3cc(-c4cccc(-c5sc(C)nc5C)n4)nc(-c4cccc(-c5sc(C)nc5C)c4)n3)c2)s1. The molecule has 0 aliphatic carbocycles. The maximum absolute atomic E-state index is 5.15. The van der Waals surface area contributed by atoms with Crippen LogP contribution >= 0.6 is 34.0 Å². The lowest BCUT2D eigenvalue weighted by Gasteiger charge is -2.11. The van der Waals surface area contributed by atoms with Gasteiger partial charge in [-0.1, -0.05) is 42.5 Å². The Morgan fingerprint density at radius 2 is 0.844 bits per heavy atom. The summed E-state index contributed by atoms with van der Waals surface area (Å²) in [7, 11) is 0. The highest BCUT2D eigenvalue weighted by molar-refractivity contribution is 7.15. The second-order valence-electron chi connectivity index (χ2n) is 11.0. The summed E-state index contributed by atoms with van der Waals surface area (Å²) < 4.78 is 0. The number of hydrogen-bond donors (Lipinski definition) is 0. The molecular formula is C36H30N6S3. The second kappa shape index (κ2) is 11.8. The number of aryl methyl sites for hydroxylation is 6. The summed E-state index contributed by atoms with van der Waals surface area (Å²) in [5.41, 5.74) is 10.5. The summed E-state index contributed by atoms with van der Waals surface area (Å²) in [6.45, 7) is 12.3. The van der Waals surface area contributed by atoms with Gasteiger partial charge in [0.15, 0.2) is 5.82 Å². The molecule has 0 atom stereocenters. The van der Waals surface area contributed by atoms with Crippen LogP contribution in [0.15, 0.2) is 72.8 Å². The van der Waals surface area contributed by atoms with E-state index in [0.717, 1.165) is 82.0 Å². The maximum atomic E-state index is 5.15. The molecule has 0 saturated heterocycles. The van der Waals surface area contributed by atoms with Crippen molar-refractivity contribution in [3.8, 4) is 65.5 Å². The topological polar surface area (TPSA) is 77.3 Å². The first-order chi connectivity index (χ1) is 21.7. The third kappa shape index (κ3) is 5.86. The van der Waals surface area contributed by atoms with Crippen LogP contribution in [0.2, 0.25) is 0 Å². The van der Waals surface area contributed by atoms with Gasteiger partial charge in [-0.05, 0) is 83.0 Å². The van der Waals surface area contributed by atoms with Gasteiger partial charge in [-0.2, -0.15) is 0 Å². The minimum Gasteiger partial charge on any atom is -0.246 e. The van der Waals surface area contributed by atoms with Gasteiger partial charge in [-0.15, -0.1) is 34.0 Å². The van der Waals surface area contributed by atoms with E-state index >= 15 is 0 Å². The Kier molecular flexibility index (Phi) is 7.69. The number of benzene rings is 2. The van der Waals surface area contributed by atoms with Gasteiger partial charge in [0.25, 0.3) is 0 Å². The lowest BCUT2D eigenvalue weighted by Crippen LogP contribution is -1.98. The van der Waals surface area contributed by atoms with Gasteiger partial charge in [-0.25, -0.2) is 29.9 Å². The molecule has 7 aromatic rings. The molecule has 7 rings (SSSR count). The van der Waals surface area contributed by atoms with E-state index in [1.807, 2.05) is 52.0 Å². The number of pyridine rings is 1. The first-order valence-corrected chi connectivity index (χ1v) is 17.1. The van der Waals surface area contributed by atoms with Gasteiger partial charge in [0.2, 0.25) is 0 Å². The van der Waals surface area contributed by atoms with E-state index < -0.39 is 0 Å². The Bertz CT molecular complexity index is 1950. The quantitative estimate of drug-likeness (QED) is 0.180. The van der Waals surface area contributed by atoms with Crippen LogP contribution in [0, 0.1) is 41.5 Å². The number of aromatic nitrogens is 6. The van der Waals surface area contributed by atoms with Crippen molar-refractivity contribution in [3.05, 3.63) is 105 Å². The largest absolute Gasteiger partial charge is 0.246 e. The van der Waals surface area contributed by atoms with Crippen LogP contribution in [0.3, 0.4) is 0 Å². The van der Waals surface area contributed by atoms with Crippen molar-refractivity contribution in [1.29, 1.82) is 0 Å². The molecule has 222 valence electrons. The van der Waals surface area contributed by atoms with Crippen LogP contribution < -0.4 is 0 Å². The Morgan fingerprint density at radius 3 is 1.42 bits per heavy atom. The van der Waals surface area contributed by atoms with E-state index in [2.05, 4.69) is 77.3 Å². The number of nitrogens with zero attached hydrogens (tertiary/aromatic N) is 6. The fraction of sp³-hybridized carbons (Fsp3) is 0.167. The van der Waals surface area contributed by atoms with E-state index in [1.165, 1.54) is 9.75 Å². The molecule has 6 nitrogen and oxygen atoms in total. The zero-order valence-corrected chi connectivity index (χ0v) is 28.3. The lowest BCUT2D eigenvalue weighted by molar-refractivity contribution is 1.16. The highest BCUT2D eigenvalue weighted by atomic mass is 32.1. The summed E-state index contributed by atoms with van der Waals surface area (Å²) in [6.07, 6.45) is 0. The number of rotatable bonds is 6. The monoisotopic (exact) mass is 642 g/mol. The van der Waals surface area contributed by atoms with Crippen LogP contribution in [-0.4, -0.2) is 29.9 Å². The third-order valence-corrected chi connectivity index (χ3v) is 10.8. The molecule has 0 saturated carbocycles. The number of thiazole rings is 3. The minimum absolute atomic E-state index is 0.649. The van der Waals surface area contributed by atoms with E-state index in [0.29, 0.717) is 5.82 Å². The second-order valence-corrected chi connectivity index (χ2v) is 14.6. The van der Waals surface area contributed by atoms with E-state index in [9.17, 15) is 0 Å². The molecular weight excluding hydrogens is 613 g/mol. The van der Waals surface area contributed by atoms with Gasteiger partial charge in [-0.3, -0.25) is 0 Å². The predicted octanol–water partition coefficient (Wildman–Crippen LogP) is 10.1. The highest BCUT2D eigenvalue weighted by Gasteiger charge is 2.17. The highest BCUT2D eigenvalue weighted by Crippen LogP contribution is 2.36. The van der Waals surface area contributed by atoms with E-state index in [4.69, 9.17) is 15.0 Å². The zero-order chi connectivity index (χ0) is 31.2. The van der Waals surface area contributed by atoms with Crippen LogP contribution in [0.1, 0.15) is 32.1 Å². The average Bonchev–Trinajstić information content (AvgIpc) is 3.70. The summed E-state index contributed by atoms with van der Waals surface area (Å²) in [6, 6.07) is 25.1. The van der Waals surface area contributed by atoms with Crippen molar-refractivity contribution in [1.82, 2.24) is 29.9 Å². The van der Waals surface area contributed by atoms with Gasteiger partial charge in [0.05, 0.1) is 69.5 Å². The Labute approximate surface area is 274 Å². The first-order valence-electron chi connectivity index (χ1n) is 14.6. The van der Waals surface area contributed by atoms with Crippen molar-refractivity contribution >= 4 is 34.0 Å². The normalized spacial score (nSPS) is 11.3. The smallest absolute Gasteiger partial charge is 0.160 e. The molecule has 0 radical (unpaired) electrons. The summed E-state index contributed by atoms with van der Waals surface area (Å²) >= 11 is 5.08. The molecule has 0 spiro atoms. The molecule has 45 heavy (non-hydrogen) atoms. The maximum Gasteiger partial charge on any atom is 0.160 e. The molecule has 5 heterocycles. The van der Waals surface area contributed by atoms with Crippen LogP contribution in [0.5, 0.6) is 0 Å². The molecule has 0 bridgehead atoms. The van der Waals surface area contributed by atoms with Crippen molar-refractivity contribution in [2.24, 2.45) is 0 Å². The van der Waals surface area contributed by atoms with Crippen LogP contribution in [0.25, 0.3) is 65.5 Å². The van der Waals surface area contributed by atoms with Crippen molar-refractivity contribution in [2.75, 3.05) is 0 Å². The van der Waals surface area contributed by atoms with Crippen molar-refractivity contribution in [3.63, 3.8) is 0 Å². The molecule has 0 aliphatic rings. The fourth-order valence-electron chi connectivity index (χ4n) is 5.55. The Morgan fingerprint density at radius 1 is 0.378 bits per heavy atom. The van der Waals surface area contributed by atoms with Gasteiger partial charge in [0, 0.05) is 11.1 Å². The molecule has 0 fully saturated rings. The third-order valence-electron chi connectivity index (χ3n) is 7.48. The standard InChI is InChI=1S/C36H30N6S3/c1-19-33(43-22(4)37-19)26-11-7-10-25(16-26)31-18-32(29-14-9-15-30(40-29)35-21(3)39-24(6)45-35)42-36(41-31)28-13-8-12-27(17-28)34-20(2)38-23(5)44-34/h7-18H,1-6H3. The molecule has 2 aromatic carbocycles. The Balaban J connectivity index is 1.39. The summed E-state index contributed by atoms with van der Waals surface area (Å²) in [4.78, 5) is 32.7. The van der Waals surface area contributed by atoms with Crippen LogP contribution in [-0.2, 0) is 0 Å². The number of hydrogen-bond acceptors (Lipinski definition) is 9. The minimum atomic E-state index is 0.649. The molecule has 9 heteroatoms. The van der Waals surface area contributed by atoms with Gasteiger partial charge >= 0.3 is 0 Å². The van der Waals surface area contributed by atoms with Gasteiger partial charge in [0.1, 0.15) is 0 Å². The lowest BCUT2D eigenvalue weighted by atomic mass is 10.0. The van der Waals surface area contributed by atoms with Crippen molar-refractivity contribution < 1.29 is 0 Å². The van der Waals surface area contributed by atoms with Crippen LogP contribution in [0.4, 0.5) is 0 Å². The molecule has 5 aromatic heterocycles. The first kappa shape index (κ1) is 29.3. The van der Waals surface area contributed by atoms with E-state index in [-0.39, 0.29) is 0 Å². The summed E-state index contributed by atoms with van der Waals surface area (Å²) in [5.74, 6) is 0.649. The van der Waals surface area contributed by atoms with Crippen molar-refractivity contribution in [2.45, 2.75) is 41.5 Å². The molecule has 0 N–H and O–H groups in total. The Hall–Kier alpha value is -4.44. The van der Waals surface area contributed by atoms with Gasteiger partial charge < -0.3 is 0 Å². The van der Waals surface area contributed by atoms with E-state index in [1.54, 1.807) is 34.0 Å². The predicted molar refractivity (Wildman–Crippen MR) is 188 cm³/mol.